The summed E-state index contributed by atoms with van der Waals surface area (Å²) >= 11 is 3.41. The van der Waals surface area contributed by atoms with Crippen LogP contribution >= 0.6 is 15.9 Å². The number of hydrogen-bond acceptors (Lipinski definition) is 2. The molecule has 17 heavy (non-hydrogen) atoms. The van der Waals surface area contributed by atoms with E-state index in [-0.39, 0.29) is 5.91 Å². The van der Waals surface area contributed by atoms with Gasteiger partial charge in [-0.1, -0.05) is 15.9 Å². The van der Waals surface area contributed by atoms with Crippen LogP contribution in [-0.2, 0) is 0 Å². The number of aryl methyl sites for hydroxylation is 1. The molecule has 0 aliphatic carbocycles. The first-order chi connectivity index (χ1) is 8.13. The van der Waals surface area contributed by atoms with Crippen LogP contribution < -0.4 is 11.3 Å². The van der Waals surface area contributed by atoms with E-state index in [1.807, 2.05) is 42.0 Å². The van der Waals surface area contributed by atoms with E-state index in [2.05, 4.69) is 21.4 Å². The summed E-state index contributed by atoms with van der Waals surface area (Å²) < 4.78 is 2.82. The first kappa shape index (κ1) is 11.9. The predicted octanol–water partition coefficient (Wildman–Crippen LogP) is 2.15. The number of carbonyl (C=O) groups excluding carboxylic acids is 1. The molecule has 88 valence electrons. The van der Waals surface area contributed by atoms with E-state index >= 15 is 0 Å². The second kappa shape index (κ2) is 4.73. The SMILES string of the molecule is Cc1cc(Br)ccc1-n1cccc1C(=O)NN. The van der Waals surface area contributed by atoms with Gasteiger partial charge in [-0.2, -0.15) is 0 Å². The van der Waals surface area contributed by atoms with Gasteiger partial charge >= 0.3 is 0 Å². The molecule has 1 amide bonds. The van der Waals surface area contributed by atoms with E-state index in [0.717, 1.165) is 15.7 Å². The Bertz CT molecular complexity index is 563. The van der Waals surface area contributed by atoms with Crippen LogP contribution in [0.15, 0.2) is 41.0 Å². The number of amides is 1. The van der Waals surface area contributed by atoms with E-state index in [0.29, 0.717) is 5.69 Å². The first-order valence-electron chi connectivity index (χ1n) is 5.08. The molecule has 2 aromatic rings. The molecule has 0 spiro atoms. The minimum atomic E-state index is -0.308. The van der Waals surface area contributed by atoms with Gasteiger partial charge in [-0.15, -0.1) is 0 Å². The normalized spacial score (nSPS) is 10.3. The highest BCUT2D eigenvalue weighted by Gasteiger charge is 2.11. The van der Waals surface area contributed by atoms with Gasteiger partial charge < -0.3 is 4.57 Å². The zero-order valence-electron chi connectivity index (χ0n) is 9.27. The fraction of sp³-hybridized carbons (Fsp3) is 0.0833. The molecular weight excluding hydrogens is 282 g/mol. The quantitative estimate of drug-likeness (QED) is 0.506. The van der Waals surface area contributed by atoms with Crippen LogP contribution in [0.3, 0.4) is 0 Å². The number of aromatic nitrogens is 1. The van der Waals surface area contributed by atoms with E-state index < -0.39 is 0 Å². The van der Waals surface area contributed by atoms with Gasteiger partial charge in [-0.05, 0) is 42.8 Å². The number of nitrogens with one attached hydrogen (secondary N) is 1. The third kappa shape index (κ3) is 2.25. The molecule has 1 aromatic carbocycles. The molecule has 1 heterocycles. The van der Waals surface area contributed by atoms with Gasteiger partial charge in [-0.25, -0.2) is 5.84 Å². The Morgan fingerprint density at radius 1 is 1.41 bits per heavy atom. The minimum Gasteiger partial charge on any atom is -0.312 e. The first-order valence-corrected chi connectivity index (χ1v) is 5.87. The van der Waals surface area contributed by atoms with Crippen molar-refractivity contribution in [3.8, 4) is 5.69 Å². The predicted molar refractivity (Wildman–Crippen MR) is 69.9 cm³/mol. The maximum absolute atomic E-state index is 11.6. The number of nitrogen functional groups attached to an aromatic ring is 1. The van der Waals surface area contributed by atoms with Crippen LogP contribution in [0.5, 0.6) is 0 Å². The van der Waals surface area contributed by atoms with Gasteiger partial charge in [0.2, 0.25) is 0 Å². The molecule has 3 N–H and O–H groups in total. The van der Waals surface area contributed by atoms with E-state index in [1.165, 1.54) is 0 Å². The van der Waals surface area contributed by atoms with Crippen molar-refractivity contribution < 1.29 is 4.79 Å². The van der Waals surface area contributed by atoms with Crippen molar-refractivity contribution in [1.29, 1.82) is 0 Å². The highest BCUT2D eigenvalue weighted by Crippen LogP contribution is 2.21. The van der Waals surface area contributed by atoms with Gasteiger partial charge in [0.15, 0.2) is 0 Å². The number of carbonyl (C=O) groups is 1. The lowest BCUT2D eigenvalue weighted by Gasteiger charge is -2.11. The fourth-order valence-corrected chi connectivity index (χ4v) is 2.21. The van der Waals surface area contributed by atoms with Gasteiger partial charge in [0.1, 0.15) is 5.69 Å². The van der Waals surface area contributed by atoms with Crippen LogP contribution in [0.4, 0.5) is 0 Å². The number of nitrogens with zero attached hydrogens (tertiary/aromatic N) is 1. The molecule has 1 aromatic heterocycles. The van der Waals surface area contributed by atoms with Gasteiger partial charge in [0.05, 0.1) is 0 Å². The van der Waals surface area contributed by atoms with Crippen LogP contribution in [0.1, 0.15) is 16.1 Å². The zero-order chi connectivity index (χ0) is 12.4. The summed E-state index contributed by atoms with van der Waals surface area (Å²) in [6, 6.07) is 9.42. The molecule has 5 heteroatoms. The van der Waals surface area contributed by atoms with Crippen LogP contribution in [-0.4, -0.2) is 10.5 Å². The van der Waals surface area contributed by atoms with E-state index in [4.69, 9.17) is 5.84 Å². The Morgan fingerprint density at radius 3 is 2.82 bits per heavy atom. The molecule has 2 rings (SSSR count). The number of benzene rings is 1. The third-order valence-corrected chi connectivity index (χ3v) is 3.02. The van der Waals surface area contributed by atoms with Crippen LogP contribution in [0.25, 0.3) is 5.69 Å². The molecule has 0 radical (unpaired) electrons. The molecule has 0 saturated carbocycles. The Balaban J connectivity index is 2.53. The highest BCUT2D eigenvalue weighted by atomic mass is 79.9. The Morgan fingerprint density at radius 2 is 2.18 bits per heavy atom. The zero-order valence-corrected chi connectivity index (χ0v) is 10.9. The Hall–Kier alpha value is -1.59. The summed E-state index contributed by atoms with van der Waals surface area (Å²) in [4.78, 5) is 11.6. The maximum Gasteiger partial charge on any atom is 0.282 e. The largest absolute Gasteiger partial charge is 0.312 e. The summed E-state index contributed by atoms with van der Waals surface area (Å²) in [6.07, 6.45) is 1.83. The minimum absolute atomic E-state index is 0.308. The number of hydrazine groups is 1. The Labute approximate surface area is 108 Å². The average Bonchev–Trinajstić information content (AvgIpc) is 2.77. The van der Waals surface area contributed by atoms with Crippen molar-refractivity contribution in [3.05, 3.63) is 52.3 Å². The smallest absolute Gasteiger partial charge is 0.282 e. The van der Waals surface area contributed by atoms with Crippen molar-refractivity contribution in [2.45, 2.75) is 6.92 Å². The van der Waals surface area contributed by atoms with Crippen molar-refractivity contribution in [2.24, 2.45) is 5.84 Å². The third-order valence-electron chi connectivity index (χ3n) is 2.53. The standard InChI is InChI=1S/C12H12BrN3O/c1-8-7-9(13)4-5-10(8)16-6-2-3-11(16)12(17)15-14/h2-7H,14H2,1H3,(H,15,17). The van der Waals surface area contributed by atoms with Crippen LogP contribution in [0, 0.1) is 6.92 Å². The summed E-state index contributed by atoms with van der Waals surface area (Å²) in [5, 5.41) is 0. The molecule has 0 saturated heterocycles. The summed E-state index contributed by atoms with van der Waals surface area (Å²) in [5.74, 6) is 4.84. The van der Waals surface area contributed by atoms with Crippen molar-refractivity contribution in [2.75, 3.05) is 0 Å². The summed E-state index contributed by atoms with van der Waals surface area (Å²) in [5.41, 5.74) is 4.68. The molecule has 0 bridgehead atoms. The fourth-order valence-electron chi connectivity index (χ4n) is 1.74. The van der Waals surface area contributed by atoms with Gasteiger partial charge in [-0.3, -0.25) is 10.2 Å². The highest BCUT2D eigenvalue weighted by molar-refractivity contribution is 9.10. The van der Waals surface area contributed by atoms with Crippen molar-refractivity contribution in [1.82, 2.24) is 9.99 Å². The number of nitrogens with two attached hydrogens (primary N) is 1. The molecule has 0 unspecified atom stereocenters. The number of rotatable bonds is 2. The Kier molecular flexibility index (Phi) is 3.31. The lowest BCUT2D eigenvalue weighted by atomic mass is 10.2. The lowest BCUT2D eigenvalue weighted by Crippen LogP contribution is -2.31. The molecular formula is C12H12BrN3O. The molecule has 0 fully saturated rings. The van der Waals surface area contributed by atoms with Gasteiger partial charge in [0.25, 0.3) is 5.91 Å². The molecule has 0 aliphatic rings. The van der Waals surface area contributed by atoms with Crippen molar-refractivity contribution >= 4 is 21.8 Å². The second-order valence-electron chi connectivity index (χ2n) is 3.67. The number of halogens is 1. The summed E-state index contributed by atoms with van der Waals surface area (Å²) in [6.45, 7) is 1.99. The van der Waals surface area contributed by atoms with Crippen molar-refractivity contribution in [3.63, 3.8) is 0 Å². The van der Waals surface area contributed by atoms with E-state index in [9.17, 15) is 4.79 Å². The topological polar surface area (TPSA) is 60.0 Å². The molecule has 4 nitrogen and oxygen atoms in total. The second-order valence-corrected chi connectivity index (χ2v) is 4.58. The molecule has 0 atom stereocenters. The van der Waals surface area contributed by atoms with E-state index in [1.54, 1.807) is 6.07 Å². The lowest BCUT2D eigenvalue weighted by molar-refractivity contribution is 0.0947. The average molecular weight is 294 g/mol. The van der Waals surface area contributed by atoms with Crippen LogP contribution in [0.2, 0.25) is 0 Å². The molecule has 0 aliphatic heterocycles. The van der Waals surface area contributed by atoms with Gasteiger partial charge in [0, 0.05) is 16.4 Å². The summed E-state index contributed by atoms with van der Waals surface area (Å²) in [7, 11) is 0. The maximum atomic E-state index is 11.6. The monoisotopic (exact) mass is 293 g/mol. The number of hydrogen-bond donors (Lipinski definition) is 2.